The first-order valence-electron chi connectivity index (χ1n) is 11.1. The molecule has 9 heteroatoms. The van der Waals surface area contributed by atoms with Crippen LogP contribution in [-0.2, 0) is 15.1 Å². The predicted octanol–water partition coefficient (Wildman–Crippen LogP) is 0.793. The number of aliphatic imine (C=N–C) groups is 1. The summed E-state index contributed by atoms with van der Waals surface area (Å²) in [7, 11) is 0. The van der Waals surface area contributed by atoms with E-state index in [0.29, 0.717) is 36.1 Å². The first-order chi connectivity index (χ1) is 16.9. The first-order valence-corrected chi connectivity index (χ1v) is 11.1. The van der Waals surface area contributed by atoms with E-state index in [1.807, 2.05) is 24.3 Å². The lowest BCUT2D eigenvalue weighted by Crippen LogP contribution is -2.50. The number of carbonyl (C=O) groups excluding carboxylic acids is 3. The Hall–Kier alpha value is -4.10. The molecule has 0 radical (unpaired) electrons. The van der Waals surface area contributed by atoms with Crippen LogP contribution >= 0.6 is 0 Å². The number of amides is 2. The second kappa shape index (κ2) is 11.9. The number of allylic oxidation sites excluding steroid dienone is 1. The number of hydrogen-bond acceptors (Lipinski definition) is 7. The predicted molar refractivity (Wildman–Crippen MR) is 132 cm³/mol. The van der Waals surface area contributed by atoms with Crippen LogP contribution in [0.1, 0.15) is 39.9 Å². The second-order valence-corrected chi connectivity index (χ2v) is 7.87. The van der Waals surface area contributed by atoms with Gasteiger partial charge in [-0.2, -0.15) is 0 Å². The van der Waals surface area contributed by atoms with Gasteiger partial charge in [-0.05, 0) is 67.1 Å². The Morgan fingerprint density at radius 3 is 2.43 bits per heavy atom. The van der Waals surface area contributed by atoms with E-state index in [1.54, 1.807) is 42.6 Å². The Morgan fingerprint density at radius 1 is 1.06 bits per heavy atom. The molecule has 0 aliphatic carbocycles. The Bertz CT molecular complexity index is 1200. The molecular weight excluding hydrogens is 446 g/mol. The molecule has 180 valence electrons. The van der Waals surface area contributed by atoms with E-state index in [2.05, 4.69) is 22.2 Å². The number of nitrogens with one attached hydrogen (secondary N) is 2. The Balaban J connectivity index is 1.76. The monoisotopic (exact) mass is 473 g/mol. The van der Waals surface area contributed by atoms with Gasteiger partial charge in [0.1, 0.15) is 6.04 Å². The van der Waals surface area contributed by atoms with Crippen molar-refractivity contribution < 1.29 is 19.6 Å². The van der Waals surface area contributed by atoms with Crippen molar-refractivity contribution in [3.05, 3.63) is 82.9 Å². The van der Waals surface area contributed by atoms with E-state index in [4.69, 9.17) is 16.7 Å². The Kier molecular flexibility index (Phi) is 8.64. The summed E-state index contributed by atoms with van der Waals surface area (Å²) in [4.78, 5) is 41.2. The zero-order chi connectivity index (χ0) is 25.3. The smallest absolute Gasteiger partial charge is 0.267 e. The summed E-state index contributed by atoms with van der Waals surface area (Å²) in [5.41, 5.74) is 13.9. The summed E-state index contributed by atoms with van der Waals surface area (Å²) in [6, 6.07) is 12.8. The molecule has 1 heterocycles. The molecule has 2 aromatic rings. The summed E-state index contributed by atoms with van der Waals surface area (Å²) in [5, 5.41) is 11.2. The van der Waals surface area contributed by atoms with Gasteiger partial charge in [0.15, 0.2) is 11.3 Å². The number of carbonyl (C=O) groups is 3. The van der Waals surface area contributed by atoms with Crippen LogP contribution in [0.2, 0.25) is 0 Å². The van der Waals surface area contributed by atoms with Gasteiger partial charge in [-0.15, -0.1) is 0 Å². The fourth-order valence-corrected chi connectivity index (χ4v) is 3.57. The topological polar surface area (TPSA) is 160 Å². The lowest BCUT2D eigenvalue weighted by Gasteiger charge is -2.23. The highest BCUT2D eigenvalue weighted by Gasteiger charge is 2.37. The van der Waals surface area contributed by atoms with Crippen LogP contribution in [0.3, 0.4) is 0 Å². The molecule has 1 aliphatic heterocycles. The van der Waals surface area contributed by atoms with Crippen LogP contribution < -0.4 is 22.3 Å². The SMILES string of the molecule is NCCCC(=O)C1(c2cccc(C#Cc3ccc(C(=O)N[C@@H](CN)C(=O)NO)cc3)c2)C=CC=N1. The van der Waals surface area contributed by atoms with Crippen molar-refractivity contribution in [1.82, 2.24) is 10.8 Å². The summed E-state index contributed by atoms with van der Waals surface area (Å²) in [5.74, 6) is 4.80. The molecule has 9 nitrogen and oxygen atoms in total. The quantitative estimate of drug-likeness (QED) is 0.206. The molecule has 0 fully saturated rings. The van der Waals surface area contributed by atoms with Gasteiger partial charge in [-0.1, -0.05) is 24.0 Å². The van der Waals surface area contributed by atoms with Crippen molar-refractivity contribution in [2.24, 2.45) is 16.5 Å². The maximum Gasteiger partial charge on any atom is 0.267 e. The standard InChI is InChI=1S/C26H27N5O4/c27-14-2-6-23(32)26(13-3-15-29-26)21-5-1-4-19(16-21)8-7-18-9-11-20(12-10-18)24(33)30-22(17-28)25(34)31-35/h1,3-5,9-13,15-16,22,35H,2,6,14,17,27-28H2,(H,30,33)(H,31,34)/t22-,26?/m0/s1. The first kappa shape index (κ1) is 25.5. The molecule has 2 atom stereocenters. The van der Waals surface area contributed by atoms with Gasteiger partial charge in [0.25, 0.3) is 11.8 Å². The number of hydroxylamine groups is 1. The average Bonchev–Trinajstić information content (AvgIpc) is 3.40. The third-order valence-corrected chi connectivity index (χ3v) is 5.50. The molecule has 1 aliphatic rings. The molecule has 7 N–H and O–H groups in total. The maximum atomic E-state index is 12.9. The summed E-state index contributed by atoms with van der Waals surface area (Å²) < 4.78 is 0. The van der Waals surface area contributed by atoms with E-state index < -0.39 is 23.4 Å². The number of hydrogen-bond donors (Lipinski definition) is 5. The lowest BCUT2D eigenvalue weighted by atomic mass is 9.84. The van der Waals surface area contributed by atoms with E-state index in [1.165, 1.54) is 5.48 Å². The summed E-state index contributed by atoms with van der Waals surface area (Å²) in [6.45, 7) is 0.272. The van der Waals surface area contributed by atoms with Gasteiger partial charge in [0.2, 0.25) is 0 Å². The van der Waals surface area contributed by atoms with Crippen LogP contribution in [0, 0.1) is 11.8 Å². The van der Waals surface area contributed by atoms with E-state index >= 15 is 0 Å². The second-order valence-electron chi connectivity index (χ2n) is 7.87. The number of nitrogens with zero attached hydrogens (tertiary/aromatic N) is 1. The number of benzene rings is 2. The molecule has 35 heavy (non-hydrogen) atoms. The Labute approximate surface area is 203 Å². The molecule has 3 rings (SSSR count). The number of nitrogens with two attached hydrogens (primary N) is 2. The molecule has 1 unspecified atom stereocenters. The van der Waals surface area contributed by atoms with Crippen molar-refractivity contribution in [2.75, 3.05) is 13.1 Å². The van der Waals surface area contributed by atoms with Crippen LogP contribution in [-0.4, -0.2) is 48.2 Å². The largest absolute Gasteiger partial charge is 0.339 e. The van der Waals surface area contributed by atoms with Crippen molar-refractivity contribution in [3.63, 3.8) is 0 Å². The number of rotatable bonds is 9. The van der Waals surface area contributed by atoms with Gasteiger partial charge < -0.3 is 16.8 Å². The maximum absolute atomic E-state index is 12.9. The van der Waals surface area contributed by atoms with Crippen molar-refractivity contribution in [2.45, 2.75) is 24.4 Å². The minimum atomic E-state index is -1.05. The van der Waals surface area contributed by atoms with Gasteiger partial charge >= 0.3 is 0 Å². The normalized spacial score (nSPS) is 16.8. The molecular formula is C26H27N5O4. The van der Waals surface area contributed by atoms with Crippen LogP contribution in [0.5, 0.6) is 0 Å². The molecule has 0 saturated heterocycles. The zero-order valence-electron chi connectivity index (χ0n) is 19.0. The third kappa shape index (κ3) is 6.07. The average molecular weight is 474 g/mol. The van der Waals surface area contributed by atoms with Crippen molar-refractivity contribution in [3.8, 4) is 11.8 Å². The molecule has 0 spiro atoms. The lowest BCUT2D eigenvalue weighted by molar-refractivity contribution is -0.131. The van der Waals surface area contributed by atoms with Gasteiger partial charge in [-0.3, -0.25) is 24.6 Å². The van der Waals surface area contributed by atoms with Crippen molar-refractivity contribution >= 4 is 23.8 Å². The molecule has 0 saturated carbocycles. The highest BCUT2D eigenvalue weighted by atomic mass is 16.5. The zero-order valence-corrected chi connectivity index (χ0v) is 19.0. The fraction of sp³-hybridized carbons (Fsp3) is 0.231. The highest BCUT2D eigenvalue weighted by Crippen LogP contribution is 2.33. The Morgan fingerprint density at radius 2 is 1.80 bits per heavy atom. The van der Waals surface area contributed by atoms with Gasteiger partial charge in [0, 0.05) is 35.9 Å². The minimum absolute atomic E-state index is 0.0136. The fourth-order valence-electron chi connectivity index (χ4n) is 3.57. The minimum Gasteiger partial charge on any atom is -0.339 e. The summed E-state index contributed by atoms with van der Waals surface area (Å²) in [6.07, 6.45) is 6.12. The van der Waals surface area contributed by atoms with Gasteiger partial charge in [0.05, 0.1) is 0 Å². The van der Waals surface area contributed by atoms with Crippen LogP contribution in [0.15, 0.2) is 65.7 Å². The molecule has 0 aromatic heterocycles. The molecule has 2 aromatic carbocycles. The number of ketones is 1. The van der Waals surface area contributed by atoms with Gasteiger partial charge in [-0.25, -0.2) is 5.48 Å². The van der Waals surface area contributed by atoms with Crippen LogP contribution in [0.25, 0.3) is 0 Å². The molecule has 0 bridgehead atoms. The number of Topliss-reactive ketones (excluding diaryl/α,β-unsaturated/α-hetero) is 1. The van der Waals surface area contributed by atoms with Crippen LogP contribution in [0.4, 0.5) is 0 Å². The van der Waals surface area contributed by atoms with E-state index in [9.17, 15) is 14.4 Å². The summed E-state index contributed by atoms with van der Waals surface area (Å²) >= 11 is 0. The van der Waals surface area contributed by atoms with E-state index in [0.717, 1.165) is 5.56 Å². The van der Waals surface area contributed by atoms with Crippen molar-refractivity contribution in [1.29, 1.82) is 0 Å². The van der Waals surface area contributed by atoms with E-state index in [-0.39, 0.29) is 12.3 Å². The highest BCUT2D eigenvalue weighted by molar-refractivity contribution is 5.98. The third-order valence-electron chi connectivity index (χ3n) is 5.50. The molecule has 2 amide bonds.